The first-order chi connectivity index (χ1) is 14.4. The molecule has 0 bridgehead atoms. The van der Waals surface area contributed by atoms with E-state index in [1.165, 1.54) is 0 Å². The standard InChI is InChI=1S/C16H20F11NO4/c1-10(29)32-11(9-31-7-4-28-2-5-30-6-3-28)8-12(17,18)14(20,21)13(19,15(22,23)24)16(25,26)27/h11H,2-9H2,1H3. The number of ether oxygens (including phenoxy) is 3. The highest BCUT2D eigenvalue weighted by atomic mass is 19.4. The Morgan fingerprint density at radius 2 is 1.44 bits per heavy atom. The van der Waals surface area contributed by atoms with Gasteiger partial charge in [0.1, 0.15) is 6.10 Å². The Morgan fingerprint density at radius 1 is 0.938 bits per heavy atom. The molecule has 0 N–H and O–H groups in total. The number of alkyl halides is 11. The van der Waals surface area contributed by atoms with Crippen molar-refractivity contribution in [2.45, 2.75) is 49.3 Å². The van der Waals surface area contributed by atoms with Crippen molar-refractivity contribution in [2.24, 2.45) is 0 Å². The molecule has 0 spiro atoms. The Balaban J connectivity index is 2.96. The second-order valence-corrected chi connectivity index (χ2v) is 6.90. The van der Waals surface area contributed by atoms with Crippen molar-refractivity contribution in [3.8, 4) is 0 Å². The minimum atomic E-state index is -7.56. The Hall–Kier alpha value is -1.42. The van der Waals surface area contributed by atoms with Crippen LogP contribution in [0, 0.1) is 0 Å². The summed E-state index contributed by atoms with van der Waals surface area (Å²) in [6.07, 6.45) is -19.8. The van der Waals surface area contributed by atoms with Gasteiger partial charge in [0.05, 0.1) is 32.8 Å². The summed E-state index contributed by atoms with van der Waals surface area (Å²) in [5, 5.41) is 0. The monoisotopic (exact) mass is 499 g/mol. The number of morpholine rings is 1. The zero-order valence-electron chi connectivity index (χ0n) is 16.5. The van der Waals surface area contributed by atoms with Gasteiger partial charge in [-0.05, 0) is 0 Å². The topological polar surface area (TPSA) is 48.0 Å². The molecule has 1 rings (SSSR count). The number of nitrogens with zero attached hydrogens (tertiary/aromatic N) is 1. The van der Waals surface area contributed by atoms with Crippen molar-refractivity contribution in [3.63, 3.8) is 0 Å². The number of halogens is 11. The molecule has 0 radical (unpaired) electrons. The second-order valence-electron chi connectivity index (χ2n) is 6.90. The van der Waals surface area contributed by atoms with E-state index in [2.05, 4.69) is 4.74 Å². The van der Waals surface area contributed by atoms with Gasteiger partial charge in [0, 0.05) is 26.6 Å². The van der Waals surface area contributed by atoms with E-state index in [1.807, 2.05) is 0 Å². The summed E-state index contributed by atoms with van der Waals surface area (Å²) >= 11 is 0. The molecule has 1 heterocycles. The van der Waals surface area contributed by atoms with E-state index in [0.717, 1.165) is 0 Å². The molecule has 1 atom stereocenters. The Labute approximate surface area is 174 Å². The number of carbonyl (C=O) groups is 1. The molecular weight excluding hydrogens is 479 g/mol. The van der Waals surface area contributed by atoms with Crippen LogP contribution in [-0.4, -0.2) is 92.9 Å². The molecule has 0 amide bonds. The van der Waals surface area contributed by atoms with E-state index in [-0.39, 0.29) is 13.2 Å². The fourth-order valence-corrected chi connectivity index (χ4v) is 2.79. The number of hydrogen-bond acceptors (Lipinski definition) is 5. The third-order valence-electron chi connectivity index (χ3n) is 4.45. The van der Waals surface area contributed by atoms with Gasteiger partial charge in [-0.1, -0.05) is 0 Å². The van der Waals surface area contributed by atoms with Crippen molar-refractivity contribution in [1.82, 2.24) is 4.90 Å². The van der Waals surface area contributed by atoms with E-state index < -0.39 is 55.0 Å². The Morgan fingerprint density at radius 3 is 1.88 bits per heavy atom. The molecule has 1 unspecified atom stereocenters. The predicted octanol–water partition coefficient (Wildman–Crippen LogP) is 3.76. The highest BCUT2D eigenvalue weighted by molar-refractivity contribution is 5.66. The molecule has 0 aliphatic carbocycles. The maximum atomic E-state index is 14.0. The lowest BCUT2D eigenvalue weighted by Crippen LogP contribution is -2.70. The molecule has 0 saturated carbocycles. The molecule has 0 aromatic rings. The molecule has 0 aromatic heterocycles. The van der Waals surface area contributed by atoms with Crippen LogP contribution in [0.25, 0.3) is 0 Å². The zero-order valence-corrected chi connectivity index (χ0v) is 16.5. The van der Waals surface area contributed by atoms with Crippen LogP contribution >= 0.6 is 0 Å². The normalized spacial score (nSPS) is 18.5. The number of esters is 1. The molecule has 1 aliphatic rings. The van der Waals surface area contributed by atoms with Crippen LogP contribution in [-0.2, 0) is 19.0 Å². The van der Waals surface area contributed by atoms with Gasteiger partial charge in [-0.3, -0.25) is 9.69 Å². The summed E-state index contributed by atoms with van der Waals surface area (Å²) in [7, 11) is 0. The van der Waals surface area contributed by atoms with Crippen LogP contribution in [0.1, 0.15) is 13.3 Å². The number of hydrogen-bond donors (Lipinski definition) is 0. The Bertz CT molecular complexity index is 604. The van der Waals surface area contributed by atoms with Gasteiger partial charge in [-0.25, -0.2) is 4.39 Å². The summed E-state index contributed by atoms with van der Waals surface area (Å²) in [4.78, 5) is 12.8. The smallest absolute Gasteiger partial charge is 0.438 e. The molecule has 32 heavy (non-hydrogen) atoms. The summed E-state index contributed by atoms with van der Waals surface area (Å²) in [6, 6.07) is 0. The van der Waals surface area contributed by atoms with E-state index in [1.54, 1.807) is 4.90 Å². The van der Waals surface area contributed by atoms with Crippen LogP contribution in [0.4, 0.5) is 48.3 Å². The van der Waals surface area contributed by atoms with Crippen molar-refractivity contribution >= 4 is 5.97 Å². The van der Waals surface area contributed by atoms with E-state index >= 15 is 0 Å². The second kappa shape index (κ2) is 10.2. The third-order valence-corrected chi connectivity index (χ3v) is 4.45. The van der Waals surface area contributed by atoms with Gasteiger partial charge >= 0.3 is 35.8 Å². The van der Waals surface area contributed by atoms with Gasteiger partial charge in [0.25, 0.3) is 0 Å². The molecule has 1 saturated heterocycles. The van der Waals surface area contributed by atoms with Crippen molar-refractivity contribution in [3.05, 3.63) is 0 Å². The summed E-state index contributed by atoms with van der Waals surface area (Å²) in [5.41, 5.74) is -7.56. The highest BCUT2D eigenvalue weighted by Crippen LogP contribution is 2.59. The average molecular weight is 499 g/mol. The van der Waals surface area contributed by atoms with Crippen molar-refractivity contribution in [2.75, 3.05) is 46.1 Å². The van der Waals surface area contributed by atoms with Crippen LogP contribution in [0.2, 0.25) is 0 Å². The quantitative estimate of drug-likeness (QED) is 0.260. The first-order valence-electron chi connectivity index (χ1n) is 9.00. The van der Waals surface area contributed by atoms with E-state index in [9.17, 15) is 53.1 Å². The zero-order chi connectivity index (χ0) is 25.0. The third kappa shape index (κ3) is 6.34. The lowest BCUT2D eigenvalue weighted by molar-refractivity contribution is -0.428. The van der Waals surface area contributed by atoms with Gasteiger partial charge in [0.2, 0.25) is 0 Å². The lowest BCUT2D eigenvalue weighted by Gasteiger charge is -2.40. The fraction of sp³-hybridized carbons (Fsp3) is 0.938. The summed E-state index contributed by atoms with van der Waals surface area (Å²) in [5.74, 6) is -14.9. The minimum absolute atomic E-state index is 0.193. The summed E-state index contributed by atoms with van der Waals surface area (Å²) in [6.45, 7) is 1.27. The predicted molar refractivity (Wildman–Crippen MR) is 84.1 cm³/mol. The molecule has 1 fully saturated rings. The SMILES string of the molecule is CC(=O)OC(COCCN1CCOCC1)CC(F)(F)C(F)(F)C(F)(C(F)(F)F)C(F)(F)F. The molecule has 16 heteroatoms. The van der Waals surface area contributed by atoms with E-state index in [4.69, 9.17) is 9.47 Å². The first kappa shape index (κ1) is 28.6. The van der Waals surface area contributed by atoms with Crippen molar-refractivity contribution < 1.29 is 67.3 Å². The van der Waals surface area contributed by atoms with Gasteiger partial charge < -0.3 is 14.2 Å². The van der Waals surface area contributed by atoms with Gasteiger partial charge in [0.15, 0.2) is 0 Å². The van der Waals surface area contributed by atoms with Crippen LogP contribution in [0.15, 0.2) is 0 Å². The lowest BCUT2D eigenvalue weighted by atomic mass is 9.88. The average Bonchev–Trinajstić information content (AvgIpc) is 2.62. The van der Waals surface area contributed by atoms with Crippen molar-refractivity contribution in [1.29, 1.82) is 0 Å². The molecule has 190 valence electrons. The number of rotatable bonds is 10. The fourth-order valence-electron chi connectivity index (χ4n) is 2.79. The van der Waals surface area contributed by atoms with Crippen LogP contribution in [0.3, 0.4) is 0 Å². The number of carbonyl (C=O) groups excluding carboxylic acids is 1. The maximum Gasteiger partial charge on any atom is 0.438 e. The molecular formula is C16H20F11NO4. The Kier molecular flexibility index (Phi) is 9.15. The van der Waals surface area contributed by atoms with Crippen LogP contribution < -0.4 is 0 Å². The van der Waals surface area contributed by atoms with Crippen LogP contribution in [0.5, 0.6) is 0 Å². The molecule has 5 nitrogen and oxygen atoms in total. The minimum Gasteiger partial charge on any atom is -0.460 e. The maximum absolute atomic E-state index is 14.0. The summed E-state index contributed by atoms with van der Waals surface area (Å²) < 4.78 is 159. The van der Waals surface area contributed by atoms with Gasteiger partial charge in [-0.15, -0.1) is 0 Å². The molecule has 0 aromatic carbocycles. The highest BCUT2D eigenvalue weighted by Gasteiger charge is 2.89. The first-order valence-corrected chi connectivity index (χ1v) is 9.00. The largest absolute Gasteiger partial charge is 0.460 e. The molecule has 1 aliphatic heterocycles. The van der Waals surface area contributed by atoms with Gasteiger partial charge in [-0.2, -0.15) is 43.9 Å². The van der Waals surface area contributed by atoms with E-state index in [0.29, 0.717) is 33.2 Å².